The smallest absolute Gasteiger partial charge is 2.00 e. The van der Waals surface area contributed by atoms with E-state index in [2.05, 4.69) is 0 Å². The van der Waals surface area contributed by atoms with Gasteiger partial charge in [0, 0.05) is 0 Å². The standard InChI is InChI=1S/Ba.3O.Ti.Zn.2H/q;;2*-1;;+2;;. The molecule has 3 nitrogen and oxygen atoms in total. The molecule has 0 aliphatic heterocycles. The van der Waals surface area contributed by atoms with Gasteiger partial charge in [-0.2, -0.15) is 0 Å². The van der Waals surface area contributed by atoms with Crippen molar-refractivity contribution in [1.29, 1.82) is 0 Å². The second kappa shape index (κ2) is 10.6. The first-order valence-corrected chi connectivity index (χ1v) is 2.52. The third-order valence-corrected chi connectivity index (χ3v) is 0. The van der Waals surface area contributed by atoms with Gasteiger partial charge in [-0.3, -0.25) is 0 Å². The summed E-state index contributed by atoms with van der Waals surface area (Å²) < 4.78 is 25.8. The van der Waals surface area contributed by atoms with Crippen molar-refractivity contribution in [3.05, 3.63) is 0 Å². The van der Waals surface area contributed by atoms with Crippen LogP contribution in [-0.4, -0.2) is 48.9 Å². The summed E-state index contributed by atoms with van der Waals surface area (Å²) in [6.07, 6.45) is 0. The zero-order valence-electron chi connectivity index (χ0n) is 2.43. The summed E-state index contributed by atoms with van der Waals surface area (Å²) in [5.41, 5.74) is 0. The van der Waals surface area contributed by atoms with Crippen LogP contribution in [0.4, 0.5) is 0 Å². The van der Waals surface area contributed by atoms with Crippen LogP contribution >= 0.6 is 0 Å². The molecule has 0 saturated carbocycles. The van der Waals surface area contributed by atoms with E-state index in [0.717, 1.165) is 0 Å². The zero-order chi connectivity index (χ0) is 3.58. The third-order valence-electron chi connectivity index (χ3n) is 0. The maximum absolute atomic E-state index is 8.58. The van der Waals surface area contributed by atoms with Gasteiger partial charge in [0.05, 0.1) is 0 Å². The summed E-state index contributed by atoms with van der Waals surface area (Å²) in [6.45, 7) is 0. The van der Waals surface area contributed by atoms with Gasteiger partial charge in [0.25, 0.3) is 0 Å². The summed E-state index contributed by atoms with van der Waals surface area (Å²) in [6, 6.07) is 0. The van der Waals surface area contributed by atoms with Gasteiger partial charge in [-0.15, -0.1) is 0 Å². The van der Waals surface area contributed by atoms with E-state index >= 15 is 0 Å². The Morgan fingerprint density at radius 1 is 1.33 bits per heavy atom. The van der Waals surface area contributed by atoms with E-state index < -0.39 is 18.6 Å². The monoisotopic (exact) mass is 300 g/mol. The fraction of sp³-hybridized carbons (Fsp3) is 0. The molecular weight excluding hydrogens is 299 g/mol. The van der Waals surface area contributed by atoms with Gasteiger partial charge in [-0.1, -0.05) is 0 Å². The Morgan fingerprint density at radius 3 is 1.33 bits per heavy atom. The second-order valence-electron chi connectivity index (χ2n) is 0.250. The number of rotatable bonds is 0. The molecule has 0 aromatic carbocycles. The van der Waals surface area contributed by atoms with Crippen molar-refractivity contribution >= 4 is 48.9 Å². The van der Waals surface area contributed by atoms with Crippen LogP contribution in [0.25, 0.3) is 0 Å². The van der Waals surface area contributed by atoms with E-state index in [0.29, 0.717) is 0 Å². The SMILES string of the molecule is [BaH2].[O]=[Ti]([O-])[O-].[Zn+2]. The van der Waals surface area contributed by atoms with Gasteiger partial charge in [-0.05, 0) is 0 Å². The Kier molecular flexibility index (Phi) is 28.0. The van der Waals surface area contributed by atoms with Gasteiger partial charge in [-0.25, -0.2) is 0 Å². The van der Waals surface area contributed by atoms with Crippen molar-refractivity contribution in [3.8, 4) is 0 Å². The van der Waals surface area contributed by atoms with E-state index in [1.807, 2.05) is 0 Å². The van der Waals surface area contributed by atoms with E-state index in [1.165, 1.54) is 0 Å². The van der Waals surface area contributed by atoms with Crippen LogP contribution in [0.2, 0.25) is 0 Å². The molecule has 6 heteroatoms. The Bertz CT molecular complexity index is 33.8. The average molecular weight is 301 g/mol. The molecule has 6 heavy (non-hydrogen) atoms. The molecule has 0 rings (SSSR count). The molecule has 0 unspecified atom stereocenters. The minimum absolute atomic E-state index is 0. The molecule has 0 bridgehead atoms. The number of hydrogen-bond acceptors (Lipinski definition) is 3. The Labute approximate surface area is 95.4 Å². The quantitative estimate of drug-likeness (QED) is 0.438. The zero-order valence-corrected chi connectivity index (χ0v) is 6.96. The fourth-order valence-electron chi connectivity index (χ4n) is 0. The molecule has 0 aromatic rings. The van der Waals surface area contributed by atoms with Crippen LogP contribution in [0.5, 0.6) is 0 Å². The number of hydrogen-bond donors (Lipinski definition) is 0. The molecule has 0 aliphatic carbocycles. The van der Waals surface area contributed by atoms with Gasteiger partial charge < -0.3 is 0 Å². The van der Waals surface area contributed by atoms with Crippen LogP contribution < -0.4 is 7.38 Å². The van der Waals surface area contributed by atoms with Crippen LogP contribution in [-0.2, 0) is 41.4 Å². The summed E-state index contributed by atoms with van der Waals surface area (Å²) >= 11 is -4.08. The van der Waals surface area contributed by atoms with Gasteiger partial charge in [0.15, 0.2) is 0 Å². The van der Waals surface area contributed by atoms with Crippen molar-refractivity contribution in [2.24, 2.45) is 0 Å². The Morgan fingerprint density at radius 2 is 1.33 bits per heavy atom. The molecule has 0 fully saturated rings. The Balaban J connectivity index is -0.0000000450. The minimum Gasteiger partial charge on any atom is 2.00 e. The molecular formula is H2BaO3TiZn. The first kappa shape index (κ1) is 15.9. The van der Waals surface area contributed by atoms with E-state index in [1.54, 1.807) is 0 Å². The van der Waals surface area contributed by atoms with Crippen LogP contribution in [0.15, 0.2) is 0 Å². The molecule has 0 amide bonds. The molecule has 28 valence electrons. The maximum atomic E-state index is 8.58. The average Bonchev–Trinajstić information content (AvgIpc) is 0.811. The minimum atomic E-state index is -4.08. The molecule has 0 N–H and O–H groups in total. The van der Waals surface area contributed by atoms with Crippen molar-refractivity contribution in [1.82, 2.24) is 0 Å². The summed E-state index contributed by atoms with van der Waals surface area (Å²) in [5, 5.41) is 0. The summed E-state index contributed by atoms with van der Waals surface area (Å²) in [7, 11) is 0. The Hall–Kier alpha value is 2.63. The van der Waals surface area contributed by atoms with E-state index in [-0.39, 0.29) is 68.4 Å². The van der Waals surface area contributed by atoms with E-state index in [4.69, 9.17) is 10.7 Å². The summed E-state index contributed by atoms with van der Waals surface area (Å²) in [4.78, 5) is 0. The molecule has 0 aliphatic rings. The van der Waals surface area contributed by atoms with Crippen molar-refractivity contribution < 1.29 is 48.8 Å². The molecule has 0 radical (unpaired) electrons. The van der Waals surface area contributed by atoms with Gasteiger partial charge in [0.1, 0.15) is 0 Å². The van der Waals surface area contributed by atoms with Crippen molar-refractivity contribution in [2.45, 2.75) is 0 Å². The molecule has 0 spiro atoms. The first-order valence-electron chi connectivity index (χ1n) is 0.612. The molecule has 0 heterocycles. The van der Waals surface area contributed by atoms with Crippen molar-refractivity contribution in [2.75, 3.05) is 0 Å². The predicted octanol–water partition coefficient (Wildman–Crippen LogP) is -3.42. The predicted molar refractivity (Wildman–Crippen MR) is 9.23 cm³/mol. The van der Waals surface area contributed by atoms with Crippen molar-refractivity contribution in [3.63, 3.8) is 0 Å². The molecule has 0 saturated heterocycles. The van der Waals surface area contributed by atoms with Crippen LogP contribution in [0.3, 0.4) is 0 Å². The third kappa shape index (κ3) is 30.4. The van der Waals surface area contributed by atoms with Crippen LogP contribution in [0, 0.1) is 0 Å². The van der Waals surface area contributed by atoms with Gasteiger partial charge >= 0.3 is 97.7 Å². The fourth-order valence-corrected chi connectivity index (χ4v) is 0. The molecule has 0 aromatic heterocycles. The second-order valence-corrected chi connectivity index (χ2v) is 1.03. The summed E-state index contributed by atoms with van der Waals surface area (Å²) in [5.74, 6) is 0. The largest absolute Gasteiger partial charge is 2.00 e. The van der Waals surface area contributed by atoms with Gasteiger partial charge in [0.2, 0.25) is 0 Å². The van der Waals surface area contributed by atoms with E-state index in [9.17, 15) is 0 Å². The normalized spacial score (nSPS) is 4.33. The molecule has 0 atom stereocenters. The maximum Gasteiger partial charge on any atom is 2.00 e. The topological polar surface area (TPSA) is 63.2 Å². The first-order chi connectivity index (χ1) is 1.73. The van der Waals surface area contributed by atoms with Crippen LogP contribution in [0.1, 0.15) is 0 Å².